The summed E-state index contributed by atoms with van der Waals surface area (Å²) in [7, 11) is 1.63. The first-order chi connectivity index (χ1) is 10.2. The summed E-state index contributed by atoms with van der Waals surface area (Å²) >= 11 is 1.55. The molecule has 110 valence electrons. The third-order valence-corrected chi connectivity index (χ3v) is 4.18. The van der Waals surface area contributed by atoms with Gasteiger partial charge in [-0.25, -0.2) is 0 Å². The molecule has 0 aliphatic heterocycles. The van der Waals surface area contributed by atoms with E-state index in [2.05, 4.69) is 5.32 Å². The van der Waals surface area contributed by atoms with Crippen molar-refractivity contribution in [1.29, 1.82) is 0 Å². The molecule has 1 N–H and O–H groups in total. The monoisotopic (exact) mass is 301 g/mol. The smallest absolute Gasteiger partial charge is 0.233 e. The number of amides is 1. The van der Waals surface area contributed by atoms with Crippen LogP contribution >= 0.6 is 11.8 Å². The molecule has 0 saturated carbocycles. The highest BCUT2D eigenvalue weighted by molar-refractivity contribution is 8.00. The third-order valence-electron chi connectivity index (χ3n) is 3.07. The minimum atomic E-state index is -0.137. The van der Waals surface area contributed by atoms with Crippen molar-refractivity contribution in [2.24, 2.45) is 0 Å². The van der Waals surface area contributed by atoms with Gasteiger partial charge in [-0.3, -0.25) is 4.79 Å². The average Bonchev–Trinajstić information content (AvgIpc) is 2.53. The summed E-state index contributed by atoms with van der Waals surface area (Å²) in [6.45, 7) is 2.39. The predicted molar refractivity (Wildman–Crippen MR) is 86.6 cm³/mol. The van der Waals surface area contributed by atoms with E-state index in [-0.39, 0.29) is 11.2 Å². The molecular weight excluding hydrogens is 282 g/mol. The van der Waals surface area contributed by atoms with Crippen LogP contribution in [0.15, 0.2) is 59.5 Å². The van der Waals surface area contributed by atoms with Gasteiger partial charge < -0.3 is 10.1 Å². The number of rotatable bonds is 6. The number of hydrogen-bond acceptors (Lipinski definition) is 3. The zero-order valence-electron chi connectivity index (χ0n) is 12.2. The molecule has 4 heteroatoms. The molecule has 0 radical (unpaired) electrons. The molecule has 0 spiro atoms. The van der Waals surface area contributed by atoms with Crippen LogP contribution < -0.4 is 10.1 Å². The molecule has 0 saturated heterocycles. The van der Waals surface area contributed by atoms with Crippen LogP contribution in [0.1, 0.15) is 12.5 Å². The zero-order valence-corrected chi connectivity index (χ0v) is 13.0. The van der Waals surface area contributed by atoms with Crippen LogP contribution in [0.2, 0.25) is 0 Å². The van der Waals surface area contributed by atoms with Crippen LogP contribution in [0.5, 0.6) is 5.75 Å². The van der Waals surface area contributed by atoms with Gasteiger partial charge in [0.25, 0.3) is 0 Å². The maximum Gasteiger partial charge on any atom is 0.233 e. The summed E-state index contributed by atoms with van der Waals surface area (Å²) < 4.78 is 5.28. The lowest BCUT2D eigenvalue weighted by Crippen LogP contribution is -2.30. The van der Waals surface area contributed by atoms with E-state index in [4.69, 9.17) is 4.74 Å². The quantitative estimate of drug-likeness (QED) is 0.830. The maximum atomic E-state index is 12.1. The Morgan fingerprint density at radius 3 is 2.52 bits per heavy atom. The van der Waals surface area contributed by atoms with E-state index in [9.17, 15) is 4.79 Å². The molecular formula is C17H19NO2S. The molecule has 1 amide bonds. The molecule has 0 aromatic heterocycles. The number of carbonyl (C=O) groups is 1. The summed E-state index contributed by atoms with van der Waals surface area (Å²) in [6, 6.07) is 17.6. The fourth-order valence-corrected chi connectivity index (χ4v) is 2.84. The van der Waals surface area contributed by atoms with Crippen molar-refractivity contribution in [2.75, 3.05) is 7.11 Å². The number of para-hydroxylation sites is 1. The van der Waals surface area contributed by atoms with Crippen molar-refractivity contribution < 1.29 is 9.53 Å². The average molecular weight is 301 g/mol. The lowest BCUT2D eigenvalue weighted by atomic mass is 10.2. The Balaban J connectivity index is 1.89. The molecule has 0 heterocycles. The van der Waals surface area contributed by atoms with E-state index >= 15 is 0 Å². The standard InChI is InChI=1S/C17H19NO2S/c1-13(21-15-9-4-3-5-10-15)17(19)18-12-14-8-6-7-11-16(14)20-2/h3-11,13H,12H2,1-2H3,(H,18,19). The van der Waals surface area contributed by atoms with Crippen LogP contribution in [-0.4, -0.2) is 18.3 Å². The summed E-state index contributed by atoms with van der Waals surface area (Å²) in [4.78, 5) is 13.2. The molecule has 2 aromatic carbocycles. The highest BCUT2D eigenvalue weighted by Gasteiger charge is 2.14. The van der Waals surface area contributed by atoms with Crippen LogP contribution in [0, 0.1) is 0 Å². The molecule has 0 aliphatic rings. The number of hydrogen-bond donors (Lipinski definition) is 1. The maximum absolute atomic E-state index is 12.1. The van der Waals surface area contributed by atoms with Crippen molar-refractivity contribution in [3.8, 4) is 5.75 Å². The van der Waals surface area contributed by atoms with Gasteiger partial charge in [0.15, 0.2) is 0 Å². The lowest BCUT2D eigenvalue weighted by molar-refractivity contribution is -0.120. The number of carbonyl (C=O) groups excluding carboxylic acids is 1. The second-order valence-electron chi connectivity index (χ2n) is 4.60. The number of nitrogens with one attached hydrogen (secondary N) is 1. The second kappa shape index (κ2) is 7.74. The van der Waals surface area contributed by atoms with Gasteiger partial charge in [-0.1, -0.05) is 36.4 Å². The Kier molecular flexibility index (Phi) is 5.69. The number of ether oxygens (including phenoxy) is 1. The topological polar surface area (TPSA) is 38.3 Å². The molecule has 21 heavy (non-hydrogen) atoms. The molecule has 1 atom stereocenters. The van der Waals surface area contributed by atoms with Gasteiger partial charge in [-0.05, 0) is 25.1 Å². The normalized spacial score (nSPS) is 11.7. The molecule has 2 rings (SSSR count). The summed E-state index contributed by atoms with van der Waals surface area (Å²) in [5, 5.41) is 2.82. The number of thioether (sulfide) groups is 1. The predicted octanol–water partition coefficient (Wildman–Crippen LogP) is 3.49. The Morgan fingerprint density at radius 1 is 1.14 bits per heavy atom. The Hall–Kier alpha value is -1.94. The largest absolute Gasteiger partial charge is 0.496 e. The van der Waals surface area contributed by atoms with Gasteiger partial charge in [0.05, 0.1) is 12.4 Å². The van der Waals surface area contributed by atoms with Gasteiger partial charge in [-0.2, -0.15) is 0 Å². The fraction of sp³-hybridized carbons (Fsp3) is 0.235. The van der Waals surface area contributed by atoms with Gasteiger partial charge in [0.1, 0.15) is 5.75 Å². The van der Waals surface area contributed by atoms with Crippen LogP contribution in [0.4, 0.5) is 0 Å². The minimum absolute atomic E-state index is 0.0229. The highest BCUT2D eigenvalue weighted by Crippen LogP contribution is 2.23. The number of benzene rings is 2. The van der Waals surface area contributed by atoms with Gasteiger partial charge >= 0.3 is 0 Å². The second-order valence-corrected chi connectivity index (χ2v) is 6.02. The Labute approximate surface area is 129 Å². The van der Waals surface area contributed by atoms with Crippen molar-refractivity contribution in [3.05, 3.63) is 60.2 Å². The van der Waals surface area contributed by atoms with Gasteiger partial charge in [0, 0.05) is 17.0 Å². The Morgan fingerprint density at radius 2 is 1.81 bits per heavy atom. The van der Waals surface area contributed by atoms with Crippen molar-refractivity contribution in [1.82, 2.24) is 5.32 Å². The summed E-state index contributed by atoms with van der Waals surface area (Å²) in [6.07, 6.45) is 0. The fourth-order valence-electron chi connectivity index (χ4n) is 1.93. The zero-order chi connectivity index (χ0) is 15.1. The highest BCUT2D eigenvalue weighted by atomic mass is 32.2. The van der Waals surface area contributed by atoms with Gasteiger partial charge in [0.2, 0.25) is 5.91 Å². The minimum Gasteiger partial charge on any atom is -0.496 e. The first kappa shape index (κ1) is 15.4. The molecule has 1 unspecified atom stereocenters. The van der Waals surface area contributed by atoms with Crippen LogP contribution in [0.3, 0.4) is 0 Å². The summed E-state index contributed by atoms with van der Waals surface area (Å²) in [5.41, 5.74) is 0.977. The van der Waals surface area contributed by atoms with Crippen molar-refractivity contribution in [3.63, 3.8) is 0 Å². The number of methoxy groups -OCH3 is 1. The van der Waals surface area contributed by atoms with E-state index in [1.807, 2.05) is 61.5 Å². The molecule has 0 fully saturated rings. The van der Waals surface area contributed by atoms with E-state index < -0.39 is 0 Å². The lowest BCUT2D eigenvalue weighted by Gasteiger charge is -2.13. The molecule has 0 bridgehead atoms. The third kappa shape index (κ3) is 4.53. The van der Waals surface area contributed by atoms with E-state index in [0.717, 1.165) is 16.2 Å². The van der Waals surface area contributed by atoms with E-state index in [0.29, 0.717) is 6.54 Å². The van der Waals surface area contributed by atoms with Gasteiger partial charge in [-0.15, -0.1) is 11.8 Å². The molecule has 3 nitrogen and oxygen atoms in total. The van der Waals surface area contributed by atoms with Crippen molar-refractivity contribution >= 4 is 17.7 Å². The first-order valence-corrected chi connectivity index (χ1v) is 7.70. The SMILES string of the molecule is COc1ccccc1CNC(=O)C(C)Sc1ccccc1. The van der Waals surface area contributed by atoms with Crippen LogP contribution in [0.25, 0.3) is 0 Å². The molecule has 0 aliphatic carbocycles. The Bertz CT molecular complexity index is 586. The summed E-state index contributed by atoms with van der Waals surface area (Å²) in [5.74, 6) is 0.816. The molecule has 2 aromatic rings. The van der Waals surface area contributed by atoms with Crippen molar-refractivity contribution in [2.45, 2.75) is 23.6 Å². The van der Waals surface area contributed by atoms with E-state index in [1.54, 1.807) is 18.9 Å². The van der Waals surface area contributed by atoms with Crippen LogP contribution in [-0.2, 0) is 11.3 Å². The first-order valence-electron chi connectivity index (χ1n) is 6.82. The van der Waals surface area contributed by atoms with E-state index in [1.165, 1.54) is 0 Å².